The van der Waals surface area contributed by atoms with Crippen LogP contribution in [0.4, 0.5) is 17.3 Å². The molecular formula is C9H15N5O2. The zero-order chi connectivity index (χ0) is 12.3. The number of aromatic nitrogens is 2. The van der Waals surface area contributed by atoms with Crippen LogP contribution in [0.5, 0.6) is 0 Å². The second-order valence-electron chi connectivity index (χ2n) is 4.30. The first-order valence-electron chi connectivity index (χ1n) is 4.80. The molecule has 0 unspecified atom stereocenters. The molecule has 88 valence electrons. The maximum atomic E-state index is 10.9. The summed E-state index contributed by atoms with van der Waals surface area (Å²) < 4.78 is 0. The first kappa shape index (κ1) is 12.2. The van der Waals surface area contributed by atoms with Crippen LogP contribution < -0.4 is 10.6 Å². The first-order chi connectivity index (χ1) is 7.35. The number of nitrogens with one attached hydrogen (secondary N) is 2. The molecule has 7 heteroatoms. The zero-order valence-electron chi connectivity index (χ0n) is 9.74. The van der Waals surface area contributed by atoms with Crippen LogP contribution in [-0.4, -0.2) is 27.5 Å². The van der Waals surface area contributed by atoms with E-state index in [1.165, 1.54) is 6.33 Å². The highest BCUT2D eigenvalue weighted by molar-refractivity contribution is 5.69. The summed E-state index contributed by atoms with van der Waals surface area (Å²) in [5.74, 6) is 0.420. The summed E-state index contributed by atoms with van der Waals surface area (Å²) in [6, 6.07) is 0. The summed E-state index contributed by atoms with van der Waals surface area (Å²) in [6.45, 7) is 5.70. The van der Waals surface area contributed by atoms with Crippen molar-refractivity contribution < 1.29 is 4.92 Å². The molecule has 0 spiro atoms. The van der Waals surface area contributed by atoms with Crippen LogP contribution in [0.25, 0.3) is 0 Å². The molecule has 1 rings (SSSR count). The van der Waals surface area contributed by atoms with E-state index in [0.29, 0.717) is 0 Å². The average Bonchev–Trinajstić information content (AvgIpc) is 2.14. The van der Waals surface area contributed by atoms with Crippen molar-refractivity contribution in [3.8, 4) is 0 Å². The summed E-state index contributed by atoms with van der Waals surface area (Å²) in [5, 5.41) is 16.6. The monoisotopic (exact) mass is 225 g/mol. The molecule has 0 aliphatic carbocycles. The Kier molecular flexibility index (Phi) is 3.26. The van der Waals surface area contributed by atoms with Crippen molar-refractivity contribution in [1.82, 2.24) is 9.97 Å². The topological polar surface area (TPSA) is 93.0 Å². The predicted octanol–water partition coefficient (Wildman–Crippen LogP) is 1.64. The van der Waals surface area contributed by atoms with Gasteiger partial charge in [-0.3, -0.25) is 10.1 Å². The predicted molar refractivity (Wildman–Crippen MR) is 61.6 cm³/mol. The molecule has 1 aromatic rings. The lowest BCUT2D eigenvalue weighted by Gasteiger charge is -2.21. The van der Waals surface area contributed by atoms with E-state index in [1.54, 1.807) is 7.05 Å². The van der Waals surface area contributed by atoms with Crippen molar-refractivity contribution in [3.05, 3.63) is 16.4 Å². The van der Waals surface area contributed by atoms with Gasteiger partial charge in [0.1, 0.15) is 6.33 Å². The van der Waals surface area contributed by atoms with Gasteiger partial charge < -0.3 is 10.6 Å². The van der Waals surface area contributed by atoms with Crippen LogP contribution in [0.15, 0.2) is 6.33 Å². The van der Waals surface area contributed by atoms with Crippen molar-refractivity contribution in [3.63, 3.8) is 0 Å². The molecule has 1 heterocycles. The van der Waals surface area contributed by atoms with Crippen molar-refractivity contribution in [2.45, 2.75) is 26.3 Å². The van der Waals surface area contributed by atoms with Crippen molar-refractivity contribution in [2.24, 2.45) is 0 Å². The molecule has 0 aromatic carbocycles. The molecule has 0 amide bonds. The van der Waals surface area contributed by atoms with E-state index >= 15 is 0 Å². The summed E-state index contributed by atoms with van der Waals surface area (Å²) in [6.07, 6.45) is 1.28. The van der Waals surface area contributed by atoms with Crippen molar-refractivity contribution in [1.29, 1.82) is 0 Å². The molecule has 0 atom stereocenters. The van der Waals surface area contributed by atoms with E-state index in [4.69, 9.17) is 0 Å². The largest absolute Gasteiger partial charge is 0.367 e. The molecule has 0 saturated heterocycles. The van der Waals surface area contributed by atoms with Gasteiger partial charge >= 0.3 is 5.69 Å². The highest BCUT2D eigenvalue weighted by Gasteiger charge is 2.24. The lowest BCUT2D eigenvalue weighted by molar-refractivity contribution is -0.383. The summed E-state index contributed by atoms with van der Waals surface area (Å²) in [7, 11) is 1.58. The van der Waals surface area contributed by atoms with Crippen molar-refractivity contribution in [2.75, 3.05) is 17.7 Å². The maximum absolute atomic E-state index is 10.9. The second kappa shape index (κ2) is 4.30. The van der Waals surface area contributed by atoms with Gasteiger partial charge in [0.2, 0.25) is 11.6 Å². The quantitative estimate of drug-likeness (QED) is 0.600. The van der Waals surface area contributed by atoms with Gasteiger partial charge in [0.25, 0.3) is 0 Å². The Morgan fingerprint density at radius 3 is 2.31 bits per heavy atom. The molecular weight excluding hydrogens is 210 g/mol. The Bertz CT molecular complexity index is 399. The third kappa shape index (κ3) is 2.78. The minimum atomic E-state index is -0.500. The summed E-state index contributed by atoms with van der Waals surface area (Å²) >= 11 is 0. The van der Waals surface area contributed by atoms with Crippen LogP contribution in [-0.2, 0) is 0 Å². The zero-order valence-corrected chi connectivity index (χ0v) is 9.74. The Morgan fingerprint density at radius 1 is 1.31 bits per heavy atom. The van der Waals surface area contributed by atoms with Gasteiger partial charge in [0.05, 0.1) is 4.92 Å². The highest BCUT2D eigenvalue weighted by Crippen LogP contribution is 2.30. The van der Waals surface area contributed by atoms with Gasteiger partial charge in [0.15, 0.2) is 0 Å². The minimum Gasteiger partial charge on any atom is -0.367 e. The molecule has 0 aliphatic rings. The number of nitrogens with zero attached hydrogens (tertiary/aromatic N) is 3. The molecule has 0 aliphatic heterocycles. The lowest BCUT2D eigenvalue weighted by atomic mass is 10.1. The maximum Gasteiger partial charge on any atom is 0.353 e. The van der Waals surface area contributed by atoms with E-state index in [9.17, 15) is 10.1 Å². The number of anilines is 2. The normalized spacial score (nSPS) is 11.0. The molecule has 7 nitrogen and oxygen atoms in total. The number of nitro groups is 1. The second-order valence-corrected chi connectivity index (χ2v) is 4.30. The van der Waals surface area contributed by atoms with Gasteiger partial charge in [-0.25, -0.2) is 9.97 Å². The van der Waals surface area contributed by atoms with Gasteiger partial charge in [-0.15, -0.1) is 0 Å². The Balaban J connectivity index is 3.22. The fourth-order valence-corrected chi connectivity index (χ4v) is 1.18. The van der Waals surface area contributed by atoms with Gasteiger partial charge in [0, 0.05) is 12.6 Å². The minimum absolute atomic E-state index is 0.139. The van der Waals surface area contributed by atoms with Crippen molar-refractivity contribution >= 4 is 17.3 Å². The summed E-state index contributed by atoms with van der Waals surface area (Å²) in [4.78, 5) is 18.1. The van der Waals surface area contributed by atoms with Crippen LogP contribution in [0, 0.1) is 10.1 Å². The van der Waals surface area contributed by atoms with Gasteiger partial charge in [-0.2, -0.15) is 0 Å². The molecule has 2 N–H and O–H groups in total. The van der Waals surface area contributed by atoms with Crippen LogP contribution in [0.1, 0.15) is 20.8 Å². The highest BCUT2D eigenvalue weighted by atomic mass is 16.6. The number of hydrogen-bond acceptors (Lipinski definition) is 6. The van der Waals surface area contributed by atoms with E-state index in [0.717, 1.165) is 0 Å². The fraction of sp³-hybridized carbons (Fsp3) is 0.556. The van der Waals surface area contributed by atoms with Crippen LogP contribution >= 0.6 is 0 Å². The smallest absolute Gasteiger partial charge is 0.353 e. The third-order valence-corrected chi connectivity index (χ3v) is 1.74. The Hall–Kier alpha value is -1.92. The van der Waals surface area contributed by atoms with E-state index in [1.807, 2.05) is 20.8 Å². The summed E-state index contributed by atoms with van der Waals surface area (Å²) in [5.41, 5.74) is -0.440. The SMILES string of the molecule is CNc1ncnc(NC(C)(C)C)c1[N+](=O)[O-]. The lowest BCUT2D eigenvalue weighted by Crippen LogP contribution is -2.27. The van der Waals surface area contributed by atoms with Crippen LogP contribution in [0.3, 0.4) is 0 Å². The van der Waals surface area contributed by atoms with Crippen LogP contribution in [0.2, 0.25) is 0 Å². The van der Waals surface area contributed by atoms with E-state index in [2.05, 4.69) is 20.6 Å². The molecule has 1 aromatic heterocycles. The molecule has 16 heavy (non-hydrogen) atoms. The average molecular weight is 225 g/mol. The molecule has 0 saturated carbocycles. The van der Waals surface area contributed by atoms with E-state index < -0.39 is 4.92 Å². The third-order valence-electron chi connectivity index (χ3n) is 1.74. The van der Waals surface area contributed by atoms with E-state index in [-0.39, 0.29) is 22.9 Å². The Labute approximate surface area is 93.4 Å². The molecule has 0 fully saturated rings. The molecule has 0 radical (unpaired) electrons. The standard InChI is InChI=1S/C9H15N5O2/c1-9(2,3)13-8-6(14(15)16)7(10-4)11-5-12-8/h5H,1-4H3,(H2,10,11,12,13). The molecule has 0 bridgehead atoms. The fourth-order valence-electron chi connectivity index (χ4n) is 1.18. The van der Waals surface area contributed by atoms with Gasteiger partial charge in [-0.05, 0) is 20.8 Å². The number of rotatable bonds is 3. The first-order valence-corrected chi connectivity index (χ1v) is 4.80. The Morgan fingerprint density at radius 2 is 1.88 bits per heavy atom. The van der Waals surface area contributed by atoms with Gasteiger partial charge in [-0.1, -0.05) is 0 Å². The number of hydrogen-bond donors (Lipinski definition) is 2.